The van der Waals surface area contributed by atoms with Crippen LogP contribution in [0.2, 0.25) is 0 Å². The van der Waals surface area contributed by atoms with Gasteiger partial charge in [-0.05, 0) is 90.3 Å². The Hall–Kier alpha value is -4.25. The van der Waals surface area contributed by atoms with Crippen LogP contribution in [0.3, 0.4) is 0 Å². The average molecular weight is 659 g/mol. The zero-order valence-electron chi connectivity index (χ0n) is 29.0. The number of fused-ring (bicyclic) bond motifs is 1. The molecule has 2 aromatic heterocycles. The largest absolute Gasteiger partial charge is 0.458 e. The maximum Gasteiger partial charge on any atom is 0.407 e. The lowest BCUT2D eigenvalue weighted by molar-refractivity contribution is -0.156. The van der Waals surface area contributed by atoms with Crippen LogP contribution in [0.1, 0.15) is 86.3 Å². The van der Waals surface area contributed by atoms with E-state index >= 15 is 0 Å². The monoisotopic (exact) mass is 658 g/mol. The molecule has 5 rings (SSSR count). The van der Waals surface area contributed by atoms with E-state index < -0.39 is 23.7 Å². The standard InChI is InChI=1S/C37H50N6O5/c1-25-33(38-23-32(35(44)48-37(3,4)5)42-36(45)47-22-21-46-24-27-11-7-6-8-12-27)39-26(2)40-34(25)43-19-17-29(18-20-43)31-16-15-28-13-9-10-14-30(28)41-31/h6-8,11-12,15-16,29,32H,9-10,13-14,17-24H2,1-5H3,(H,42,45)(H,38,39,40)/t32-/m0/s1. The number of hydrogen-bond acceptors (Lipinski definition) is 10. The second kappa shape index (κ2) is 16.2. The number of carbonyl (C=O) groups excluding carboxylic acids is 2. The number of hydrogen-bond donors (Lipinski definition) is 2. The first-order valence-electron chi connectivity index (χ1n) is 17.2. The van der Waals surface area contributed by atoms with Crippen molar-refractivity contribution in [2.24, 2.45) is 0 Å². The summed E-state index contributed by atoms with van der Waals surface area (Å²) in [5.74, 6) is 1.96. The zero-order chi connectivity index (χ0) is 34.1. The number of piperidine rings is 1. The molecule has 0 saturated carbocycles. The lowest BCUT2D eigenvalue weighted by Gasteiger charge is -2.34. The summed E-state index contributed by atoms with van der Waals surface area (Å²) in [5.41, 5.74) is 5.10. The van der Waals surface area contributed by atoms with Crippen LogP contribution in [0.4, 0.5) is 16.4 Å². The number of aromatic nitrogens is 3. The molecule has 11 nitrogen and oxygen atoms in total. The van der Waals surface area contributed by atoms with Gasteiger partial charge in [0.2, 0.25) is 0 Å². The fourth-order valence-electron chi connectivity index (χ4n) is 6.21. The minimum atomic E-state index is -1.01. The van der Waals surface area contributed by atoms with Gasteiger partial charge in [0, 0.05) is 42.5 Å². The molecule has 2 aliphatic rings. The molecule has 1 fully saturated rings. The molecule has 0 spiro atoms. The van der Waals surface area contributed by atoms with E-state index in [1.807, 2.05) is 44.2 Å². The molecule has 1 saturated heterocycles. The average Bonchev–Trinajstić information content (AvgIpc) is 3.07. The number of benzene rings is 1. The van der Waals surface area contributed by atoms with Crippen LogP contribution in [0.15, 0.2) is 42.5 Å². The first kappa shape index (κ1) is 35.1. The summed E-state index contributed by atoms with van der Waals surface area (Å²) in [7, 11) is 0. The zero-order valence-corrected chi connectivity index (χ0v) is 29.0. The number of alkyl carbamates (subject to hydrolysis) is 1. The minimum absolute atomic E-state index is 0.0416. The molecular formula is C37H50N6O5. The molecule has 3 heterocycles. The van der Waals surface area contributed by atoms with Gasteiger partial charge in [0.15, 0.2) is 0 Å². The van der Waals surface area contributed by atoms with E-state index in [0.717, 1.165) is 55.7 Å². The number of aryl methyl sites for hydroxylation is 3. The van der Waals surface area contributed by atoms with Crippen molar-refractivity contribution >= 4 is 23.7 Å². The van der Waals surface area contributed by atoms with E-state index in [4.69, 9.17) is 24.2 Å². The maximum absolute atomic E-state index is 13.1. The molecule has 1 atom stereocenters. The SMILES string of the molecule is Cc1nc(NC[C@H](NC(=O)OCCOCc2ccccc2)C(=O)OC(C)(C)C)c(C)c(N2CCC(c3ccc4c(n3)CCCC4)CC2)n1. The van der Waals surface area contributed by atoms with Crippen molar-refractivity contribution in [3.05, 3.63) is 76.4 Å². The molecule has 0 bridgehead atoms. The first-order valence-corrected chi connectivity index (χ1v) is 17.2. The van der Waals surface area contributed by atoms with Crippen molar-refractivity contribution in [2.45, 2.75) is 97.3 Å². The van der Waals surface area contributed by atoms with E-state index in [-0.39, 0.29) is 19.8 Å². The van der Waals surface area contributed by atoms with Crippen LogP contribution in [0.5, 0.6) is 0 Å². The molecule has 48 heavy (non-hydrogen) atoms. The summed E-state index contributed by atoms with van der Waals surface area (Å²) in [6, 6.07) is 13.3. The highest BCUT2D eigenvalue weighted by Gasteiger charge is 2.29. The molecule has 3 aromatic rings. The maximum atomic E-state index is 13.1. The Morgan fingerprint density at radius 1 is 0.958 bits per heavy atom. The van der Waals surface area contributed by atoms with Gasteiger partial charge in [0.1, 0.15) is 35.7 Å². The Kier molecular flexibility index (Phi) is 11.9. The third-order valence-electron chi connectivity index (χ3n) is 8.67. The number of carbonyl (C=O) groups is 2. The van der Waals surface area contributed by atoms with Crippen molar-refractivity contribution in [3.8, 4) is 0 Å². The summed E-state index contributed by atoms with van der Waals surface area (Å²) in [6.45, 7) is 11.7. The third kappa shape index (κ3) is 9.88. The van der Waals surface area contributed by atoms with Crippen LogP contribution in [-0.4, -0.2) is 71.5 Å². The number of rotatable bonds is 12. The molecule has 1 amide bonds. The van der Waals surface area contributed by atoms with Crippen molar-refractivity contribution in [3.63, 3.8) is 0 Å². The quantitative estimate of drug-likeness (QED) is 0.182. The highest BCUT2D eigenvalue weighted by Crippen LogP contribution is 2.33. The molecule has 11 heteroatoms. The predicted molar refractivity (Wildman–Crippen MR) is 185 cm³/mol. The minimum Gasteiger partial charge on any atom is -0.458 e. The van der Waals surface area contributed by atoms with Gasteiger partial charge in [-0.1, -0.05) is 36.4 Å². The van der Waals surface area contributed by atoms with Crippen LogP contribution < -0.4 is 15.5 Å². The molecular weight excluding hydrogens is 608 g/mol. The summed E-state index contributed by atoms with van der Waals surface area (Å²) in [6.07, 6.45) is 6.00. The number of ether oxygens (including phenoxy) is 3. The third-order valence-corrected chi connectivity index (χ3v) is 8.67. The Labute approximate surface area is 284 Å². The molecule has 1 aliphatic carbocycles. The number of nitrogens with one attached hydrogen (secondary N) is 2. The Bertz CT molecular complexity index is 1540. The molecule has 2 N–H and O–H groups in total. The van der Waals surface area contributed by atoms with Gasteiger partial charge in [-0.2, -0.15) is 0 Å². The van der Waals surface area contributed by atoms with Gasteiger partial charge in [-0.15, -0.1) is 0 Å². The Balaban J connectivity index is 1.17. The molecule has 1 aliphatic heterocycles. The van der Waals surface area contributed by atoms with E-state index in [1.165, 1.54) is 29.8 Å². The number of anilines is 2. The van der Waals surface area contributed by atoms with Crippen LogP contribution in [0, 0.1) is 13.8 Å². The lowest BCUT2D eigenvalue weighted by atomic mass is 9.90. The first-order chi connectivity index (χ1) is 23.1. The van der Waals surface area contributed by atoms with Crippen molar-refractivity contribution < 1.29 is 23.8 Å². The highest BCUT2D eigenvalue weighted by molar-refractivity contribution is 5.82. The summed E-state index contributed by atoms with van der Waals surface area (Å²) in [5, 5.41) is 5.94. The van der Waals surface area contributed by atoms with Gasteiger partial charge in [-0.25, -0.2) is 19.6 Å². The fourth-order valence-corrected chi connectivity index (χ4v) is 6.21. The van der Waals surface area contributed by atoms with Crippen molar-refractivity contribution in [1.82, 2.24) is 20.3 Å². The molecule has 0 unspecified atom stereocenters. The molecule has 0 radical (unpaired) electrons. The smallest absolute Gasteiger partial charge is 0.407 e. The number of esters is 1. The van der Waals surface area contributed by atoms with E-state index in [9.17, 15) is 9.59 Å². The highest BCUT2D eigenvalue weighted by atomic mass is 16.6. The van der Waals surface area contributed by atoms with E-state index in [1.54, 1.807) is 20.8 Å². The Morgan fingerprint density at radius 3 is 2.46 bits per heavy atom. The fraction of sp³-hybridized carbons (Fsp3) is 0.541. The van der Waals surface area contributed by atoms with E-state index in [0.29, 0.717) is 24.2 Å². The summed E-state index contributed by atoms with van der Waals surface area (Å²) >= 11 is 0. The predicted octanol–water partition coefficient (Wildman–Crippen LogP) is 5.82. The molecule has 1 aromatic carbocycles. The van der Waals surface area contributed by atoms with Gasteiger partial charge >= 0.3 is 12.1 Å². The topological polar surface area (TPSA) is 128 Å². The summed E-state index contributed by atoms with van der Waals surface area (Å²) < 4.78 is 16.5. The lowest BCUT2D eigenvalue weighted by Crippen LogP contribution is -2.48. The van der Waals surface area contributed by atoms with Crippen LogP contribution in [-0.2, 0) is 38.5 Å². The van der Waals surface area contributed by atoms with E-state index in [2.05, 4.69) is 32.7 Å². The molecule has 258 valence electrons. The van der Waals surface area contributed by atoms with Crippen molar-refractivity contribution in [2.75, 3.05) is 43.1 Å². The summed E-state index contributed by atoms with van der Waals surface area (Å²) in [4.78, 5) is 42.7. The van der Waals surface area contributed by atoms with Gasteiger partial charge in [-0.3, -0.25) is 4.98 Å². The second-order valence-electron chi connectivity index (χ2n) is 13.7. The van der Waals surface area contributed by atoms with Gasteiger partial charge in [0.25, 0.3) is 0 Å². The van der Waals surface area contributed by atoms with Crippen LogP contribution >= 0.6 is 0 Å². The number of pyridine rings is 1. The van der Waals surface area contributed by atoms with Crippen LogP contribution in [0.25, 0.3) is 0 Å². The Morgan fingerprint density at radius 2 is 1.71 bits per heavy atom. The number of amides is 1. The normalized spacial score (nSPS) is 15.7. The van der Waals surface area contributed by atoms with Gasteiger partial charge < -0.3 is 29.7 Å². The second-order valence-corrected chi connectivity index (χ2v) is 13.7. The van der Waals surface area contributed by atoms with Gasteiger partial charge in [0.05, 0.1) is 13.2 Å². The number of nitrogens with zero attached hydrogens (tertiary/aromatic N) is 4. The van der Waals surface area contributed by atoms with Crippen molar-refractivity contribution in [1.29, 1.82) is 0 Å².